The van der Waals surface area contributed by atoms with Gasteiger partial charge in [0.2, 0.25) is 0 Å². The van der Waals surface area contributed by atoms with Gasteiger partial charge in [-0.3, -0.25) is 0 Å². The van der Waals surface area contributed by atoms with E-state index in [1.807, 2.05) is 6.07 Å². The van der Waals surface area contributed by atoms with E-state index in [0.717, 1.165) is 20.9 Å². The molecule has 0 saturated heterocycles. The fraction of sp³-hybridized carbons (Fsp3) is 0.214. The average Bonchev–Trinajstić information content (AvgIpc) is 2.26. The molecule has 2 rings (SSSR count). The number of halogens is 1. The lowest BCUT2D eigenvalue weighted by Crippen LogP contribution is -1.92. The molecule has 0 aliphatic carbocycles. The molecule has 4 heteroatoms. The number of thioether (sulfide) groups is 1. The second-order valence-corrected chi connectivity index (χ2v) is 6.21. The Balaban J connectivity index is 2.11. The van der Waals surface area contributed by atoms with Gasteiger partial charge in [-0.15, -0.1) is 0 Å². The number of aromatic nitrogens is 1. The molecule has 0 aliphatic rings. The smallest absolute Gasteiger partial charge is 0.119 e. The number of benzene rings is 1. The van der Waals surface area contributed by atoms with Crippen LogP contribution in [0, 0.1) is 13.8 Å². The van der Waals surface area contributed by atoms with Crippen LogP contribution in [-0.4, -0.2) is 4.98 Å². The second-order valence-electron chi connectivity index (χ2n) is 4.33. The van der Waals surface area contributed by atoms with Gasteiger partial charge in [0.1, 0.15) is 5.03 Å². The fourth-order valence-electron chi connectivity index (χ4n) is 1.87. The molecule has 0 fully saturated rings. The molecule has 0 unspecified atom stereocenters. The molecule has 2 nitrogen and oxygen atoms in total. The Morgan fingerprint density at radius 2 is 1.83 bits per heavy atom. The summed E-state index contributed by atoms with van der Waals surface area (Å²) in [6, 6.07) is 8.47. The van der Waals surface area contributed by atoms with Gasteiger partial charge in [-0.2, -0.15) is 0 Å². The van der Waals surface area contributed by atoms with E-state index in [1.165, 1.54) is 16.7 Å². The van der Waals surface area contributed by atoms with Crippen molar-refractivity contribution in [2.24, 2.45) is 0 Å². The van der Waals surface area contributed by atoms with Gasteiger partial charge in [-0.25, -0.2) is 4.98 Å². The van der Waals surface area contributed by atoms with Crippen molar-refractivity contribution >= 4 is 33.4 Å². The third-order valence-corrected chi connectivity index (χ3v) is 4.03. The number of hydrogen-bond donors (Lipinski definition) is 1. The molecular formula is C14H15BrN2S. The van der Waals surface area contributed by atoms with Gasteiger partial charge < -0.3 is 5.73 Å². The predicted molar refractivity (Wildman–Crippen MR) is 81.8 cm³/mol. The number of aryl methyl sites for hydroxylation is 2. The largest absolute Gasteiger partial charge is 0.397 e. The molecule has 0 atom stereocenters. The van der Waals surface area contributed by atoms with Crippen molar-refractivity contribution in [2.75, 3.05) is 5.73 Å². The SMILES string of the molecule is Cc1cc(C)cc(CSc2ncc(Br)cc2N)c1. The number of anilines is 1. The zero-order chi connectivity index (χ0) is 13.1. The van der Waals surface area contributed by atoms with Crippen LogP contribution in [0.3, 0.4) is 0 Å². The number of nitrogen functional groups attached to an aromatic ring is 1. The Morgan fingerprint density at radius 3 is 2.44 bits per heavy atom. The summed E-state index contributed by atoms with van der Waals surface area (Å²) < 4.78 is 0.913. The van der Waals surface area contributed by atoms with Crippen molar-refractivity contribution < 1.29 is 0 Å². The topological polar surface area (TPSA) is 38.9 Å². The number of rotatable bonds is 3. The number of nitrogens with zero attached hydrogens (tertiary/aromatic N) is 1. The minimum Gasteiger partial charge on any atom is -0.397 e. The van der Waals surface area contributed by atoms with Crippen LogP contribution < -0.4 is 5.73 Å². The summed E-state index contributed by atoms with van der Waals surface area (Å²) in [5.41, 5.74) is 10.5. The summed E-state index contributed by atoms with van der Waals surface area (Å²) in [5, 5.41) is 0.886. The predicted octanol–water partition coefficient (Wildman–Crippen LogP) is 4.34. The third kappa shape index (κ3) is 3.50. The van der Waals surface area contributed by atoms with Gasteiger partial charge in [0.15, 0.2) is 0 Å². The maximum Gasteiger partial charge on any atom is 0.119 e. The molecular weight excluding hydrogens is 308 g/mol. The fourth-order valence-corrected chi connectivity index (χ4v) is 3.04. The van der Waals surface area contributed by atoms with E-state index in [1.54, 1.807) is 18.0 Å². The van der Waals surface area contributed by atoms with E-state index in [0.29, 0.717) is 0 Å². The van der Waals surface area contributed by atoms with E-state index in [2.05, 4.69) is 53.0 Å². The van der Waals surface area contributed by atoms with Crippen LogP contribution in [0.4, 0.5) is 5.69 Å². The van der Waals surface area contributed by atoms with Crippen LogP contribution in [0.25, 0.3) is 0 Å². The first-order chi connectivity index (χ1) is 8.54. The van der Waals surface area contributed by atoms with E-state index in [4.69, 9.17) is 5.73 Å². The Kier molecular flexibility index (Phi) is 4.30. The molecule has 1 heterocycles. The minimum absolute atomic E-state index is 0.721. The van der Waals surface area contributed by atoms with Gasteiger partial charge in [-0.05, 0) is 41.4 Å². The van der Waals surface area contributed by atoms with Gasteiger partial charge in [0, 0.05) is 16.4 Å². The Morgan fingerprint density at radius 1 is 1.17 bits per heavy atom. The van der Waals surface area contributed by atoms with Crippen LogP contribution in [0.5, 0.6) is 0 Å². The maximum atomic E-state index is 5.93. The van der Waals surface area contributed by atoms with Crippen LogP contribution in [-0.2, 0) is 5.75 Å². The van der Waals surface area contributed by atoms with Crippen molar-refractivity contribution in [1.29, 1.82) is 0 Å². The highest BCUT2D eigenvalue weighted by Gasteiger charge is 2.04. The molecule has 0 radical (unpaired) electrons. The number of nitrogens with two attached hydrogens (primary N) is 1. The molecule has 94 valence electrons. The second kappa shape index (κ2) is 5.76. The summed E-state index contributed by atoms with van der Waals surface area (Å²) in [4.78, 5) is 4.33. The lowest BCUT2D eigenvalue weighted by molar-refractivity contribution is 1.13. The minimum atomic E-state index is 0.721. The van der Waals surface area contributed by atoms with E-state index in [9.17, 15) is 0 Å². The standard InChI is InChI=1S/C14H15BrN2S/c1-9-3-10(2)5-11(4-9)8-18-14-13(16)6-12(15)7-17-14/h3-7H,8,16H2,1-2H3. The Hall–Kier alpha value is -1.00. The van der Waals surface area contributed by atoms with Crippen molar-refractivity contribution in [3.8, 4) is 0 Å². The summed E-state index contributed by atoms with van der Waals surface area (Å²) in [5.74, 6) is 0.890. The molecule has 0 saturated carbocycles. The zero-order valence-electron chi connectivity index (χ0n) is 10.4. The van der Waals surface area contributed by atoms with E-state index < -0.39 is 0 Å². The molecule has 0 spiro atoms. The Labute approximate surface area is 120 Å². The summed E-state index contributed by atoms with van der Waals surface area (Å²) in [6.07, 6.45) is 1.78. The quantitative estimate of drug-likeness (QED) is 0.854. The first-order valence-electron chi connectivity index (χ1n) is 5.65. The zero-order valence-corrected chi connectivity index (χ0v) is 12.8. The van der Waals surface area contributed by atoms with Gasteiger partial charge in [0.05, 0.1) is 5.69 Å². The van der Waals surface area contributed by atoms with Gasteiger partial charge in [-0.1, -0.05) is 41.1 Å². The van der Waals surface area contributed by atoms with Crippen molar-refractivity contribution in [3.63, 3.8) is 0 Å². The third-order valence-electron chi connectivity index (χ3n) is 2.50. The molecule has 2 aromatic rings. The van der Waals surface area contributed by atoms with Gasteiger partial charge >= 0.3 is 0 Å². The normalized spacial score (nSPS) is 10.6. The van der Waals surface area contributed by atoms with E-state index in [-0.39, 0.29) is 0 Å². The summed E-state index contributed by atoms with van der Waals surface area (Å²) >= 11 is 5.03. The lowest BCUT2D eigenvalue weighted by atomic mass is 10.1. The average molecular weight is 323 g/mol. The molecule has 2 N–H and O–H groups in total. The highest BCUT2D eigenvalue weighted by molar-refractivity contribution is 9.10. The Bertz CT molecular complexity index is 549. The van der Waals surface area contributed by atoms with Crippen LogP contribution >= 0.6 is 27.7 Å². The van der Waals surface area contributed by atoms with Gasteiger partial charge in [0.25, 0.3) is 0 Å². The number of pyridine rings is 1. The molecule has 1 aromatic carbocycles. The highest BCUT2D eigenvalue weighted by Crippen LogP contribution is 2.28. The van der Waals surface area contributed by atoms with Crippen LogP contribution in [0.2, 0.25) is 0 Å². The molecule has 18 heavy (non-hydrogen) atoms. The van der Waals surface area contributed by atoms with Crippen LogP contribution in [0.15, 0.2) is 40.0 Å². The number of hydrogen-bond acceptors (Lipinski definition) is 3. The lowest BCUT2D eigenvalue weighted by Gasteiger charge is -2.06. The first kappa shape index (κ1) is 13.4. The van der Waals surface area contributed by atoms with Crippen molar-refractivity contribution in [1.82, 2.24) is 4.98 Å². The first-order valence-corrected chi connectivity index (χ1v) is 7.43. The molecule has 0 bridgehead atoms. The monoisotopic (exact) mass is 322 g/mol. The summed E-state index contributed by atoms with van der Waals surface area (Å²) in [7, 11) is 0. The summed E-state index contributed by atoms with van der Waals surface area (Å²) in [6.45, 7) is 4.24. The highest BCUT2D eigenvalue weighted by atomic mass is 79.9. The van der Waals surface area contributed by atoms with Crippen LogP contribution in [0.1, 0.15) is 16.7 Å². The molecule has 1 aromatic heterocycles. The molecule has 0 amide bonds. The van der Waals surface area contributed by atoms with Crippen molar-refractivity contribution in [3.05, 3.63) is 51.6 Å². The molecule has 0 aliphatic heterocycles. The maximum absolute atomic E-state index is 5.93. The van der Waals surface area contributed by atoms with E-state index >= 15 is 0 Å². The van der Waals surface area contributed by atoms with Crippen molar-refractivity contribution in [2.45, 2.75) is 24.6 Å².